The van der Waals surface area contributed by atoms with E-state index in [0.717, 1.165) is 11.1 Å². The summed E-state index contributed by atoms with van der Waals surface area (Å²) in [6.07, 6.45) is 2.86. The Balaban J connectivity index is 1.49. The van der Waals surface area contributed by atoms with E-state index in [2.05, 4.69) is 0 Å². The Kier molecular flexibility index (Phi) is 6.16. The predicted molar refractivity (Wildman–Crippen MR) is 102 cm³/mol. The largest absolute Gasteiger partial charge is 0.496 e. The number of carbonyl (C=O) groups is 2. The number of fused-ring (bicyclic) bond motifs is 1. The minimum atomic E-state index is -0.600. The first-order valence-corrected chi connectivity index (χ1v) is 8.67. The number of benzene rings is 2. The lowest BCUT2D eigenvalue weighted by Crippen LogP contribution is -2.30. The third kappa shape index (κ3) is 4.82. The molecule has 28 heavy (non-hydrogen) atoms. The van der Waals surface area contributed by atoms with Crippen molar-refractivity contribution in [2.45, 2.75) is 6.54 Å². The molecule has 1 aliphatic rings. The predicted octanol–water partition coefficient (Wildman–Crippen LogP) is 2.64. The zero-order valence-corrected chi connectivity index (χ0v) is 15.7. The number of ether oxygens (including phenoxy) is 4. The van der Waals surface area contributed by atoms with Crippen LogP contribution in [0, 0.1) is 0 Å². The molecule has 0 saturated carbocycles. The van der Waals surface area contributed by atoms with Crippen LogP contribution in [0.3, 0.4) is 0 Å². The van der Waals surface area contributed by atoms with E-state index < -0.39 is 5.97 Å². The second-order valence-electron chi connectivity index (χ2n) is 6.12. The molecule has 0 aromatic heterocycles. The number of carbonyl (C=O) groups excluding carboxylic acids is 2. The number of hydrogen-bond acceptors (Lipinski definition) is 6. The molecule has 1 amide bonds. The molecular formula is C21H21NO6. The van der Waals surface area contributed by atoms with Crippen LogP contribution in [0.2, 0.25) is 0 Å². The Morgan fingerprint density at radius 3 is 2.75 bits per heavy atom. The van der Waals surface area contributed by atoms with Crippen molar-refractivity contribution in [2.75, 3.05) is 27.6 Å². The maximum absolute atomic E-state index is 12.2. The van der Waals surface area contributed by atoms with Crippen LogP contribution in [-0.2, 0) is 20.9 Å². The molecule has 0 radical (unpaired) electrons. The highest BCUT2D eigenvalue weighted by atomic mass is 16.7. The molecule has 0 aliphatic carbocycles. The highest BCUT2D eigenvalue weighted by Crippen LogP contribution is 2.32. The van der Waals surface area contributed by atoms with Gasteiger partial charge in [-0.3, -0.25) is 4.79 Å². The Labute approximate surface area is 163 Å². The quantitative estimate of drug-likeness (QED) is 0.541. The van der Waals surface area contributed by atoms with E-state index in [1.165, 1.54) is 11.0 Å². The van der Waals surface area contributed by atoms with Gasteiger partial charge in [-0.2, -0.15) is 0 Å². The average molecular weight is 383 g/mol. The van der Waals surface area contributed by atoms with Crippen molar-refractivity contribution in [2.24, 2.45) is 0 Å². The van der Waals surface area contributed by atoms with Gasteiger partial charge < -0.3 is 23.8 Å². The number of amides is 1. The molecule has 0 spiro atoms. The normalized spacial score (nSPS) is 12.1. The summed E-state index contributed by atoms with van der Waals surface area (Å²) in [5, 5.41) is 0. The summed E-state index contributed by atoms with van der Waals surface area (Å²) >= 11 is 0. The van der Waals surface area contributed by atoms with Crippen LogP contribution in [0.15, 0.2) is 48.5 Å². The average Bonchev–Trinajstić information content (AvgIpc) is 3.18. The van der Waals surface area contributed by atoms with Crippen molar-refractivity contribution < 1.29 is 28.5 Å². The molecule has 3 rings (SSSR count). The van der Waals surface area contributed by atoms with Gasteiger partial charge in [-0.1, -0.05) is 24.3 Å². The minimum absolute atomic E-state index is 0.190. The Bertz CT molecular complexity index is 892. The molecule has 7 nitrogen and oxygen atoms in total. The fraction of sp³-hybridized carbons (Fsp3) is 0.238. The van der Waals surface area contributed by atoms with Gasteiger partial charge in [0.25, 0.3) is 5.91 Å². The highest BCUT2D eigenvalue weighted by molar-refractivity contribution is 5.89. The van der Waals surface area contributed by atoms with Crippen molar-refractivity contribution in [3.05, 3.63) is 59.7 Å². The number of methoxy groups -OCH3 is 1. The van der Waals surface area contributed by atoms with Gasteiger partial charge in [-0.25, -0.2) is 4.79 Å². The Morgan fingerprint density at radius 1 is 1.14 bits per heavy atom. The van der Waals surface area contributed by atoms with Gasteiger partial charge in [-0.05, 0) is 29.8 Å². The van der Waals surface area contributed by atoms with Crippen LogP contribution in [0.5, 0.6) is 17.2 Å². The smallest absolute Gasteiger partial charge is 0.331 e. The van der Waals surface area contributed by atoms with Crippen LogP contribution >= 0.6 is 0 Å². The van der Waals surface area contributed by atoms with Crippen LogP contribution < -0.4 is 14.2 Å². The third-order valence-corrected chi connectivity index (χ3v) is 4.17. The third-order valence-electron chi connectivity index (χ3n) is 4.17. The summed E-state index contributed by atoms with van der Waals surface area (Å²) in [6.45, 7) is 0.207. The molecule has 0 saturated heterocycles. The molecule has 146 valence electrons. The maximum atomic E-state index is 12.2. The summed E-state index contributed by atoms with van der Waals surface area (Å²) < 4.78 is 20.8. The molecule has 0 atom stereocenters. The second-order valence-corrected chi connectivity index (χ2v) is 6.12. The zero-order valence-electron chi connectivity index (χ0n) is 15.7. The Hall–Kier alpha value is -3.48. The van der Waals surface area contributed by atoms with E-state index in [4.69, 9.17) is 18.9 Å². The van der Waals surface area contributed by atoms with Crippen LogP contribution in [-0.4, -0.2) is 44.3 Å². The van der Waals surface area contributed by atoms with E-state index in [-0.39, 0.29) is 19.3 Å². The van der Waals surface area contributed by atoms with Crippen molar-refractivity contribution in [1.82, 2.24) is 4.90 Å². The van der Waals surface area contributed by atoms with Crippen molar-refractivity contribution in [1.29, 1.82) is 0 Å². The van der Waals surface area contributed by atoms with E-state index in [1.54, 1.807) is 38.4 Å². The number of esters is 1. The van der Waals surface area contributed by atoms with E-state index in [0.29, 0.717) is 23.8 Å². The SMILES string of the molecule is COc1ccccc1CN(C)C(=O)COC(=O)/C=C/c1ccc2c(c1)OCO2. The summed E-state index contributed by atoms with van der Waals surface area (Å²) in [7, 11) is 3.22. The zero-order chi connectivity index (χ0) is 19.9. The van der Waals surface area contributed by atoms with Crippen molar-refractivity contribution >= 4 is 18.0 Å². The van der Waals surface area contributed by atoms with E-state index in [1.807, 2.05) is 24.3 Å². The van der Waals surface area contributed by atoms with Gasteiger partial charge >= 0.3 is 5.97 Å². The molecule has 0 N–H and O–H groups in total. The molecule has 2 aromatic rings. The summed E-state index contributed by atoms with van der Waals surface area (Å²) in [4.78, 5) is 25.6. The van der Waals surface area contributed by atoms with Gasteiger partial charge in [0.05, 0.1) is 7.11 Å². The van der Waals surface area contributed by atoms with E-state index >= 15 is 0 Å². The summed E-state index contributed by atoms with van der Waals surface area (Å²) in [5.41, 5.74) is 1.63. The highest BCUT2D eigenvalue weighted by Gasteiger charge is 2.14. The first kappa shape index (κ1) is 19.3. The molecule has 7 heteroatoms. The lowest BCUT2D eigenvalue weighted by Gasteiger charge is -2.18. The minimum Gasteiger partial charge on any atom is -0.496 e. The number of likely N-dealkylation sites (N-methyl/N-ethyl adjacent to an activating group) is 1. The van der Waals surface area contributed by atoms with Crippen LogP contribution in [0.4, 0.5) is 0 Å². The monoisotopic (exact) mass is 383 g/mol. The van der Waals surface area contributed by atoms with E-state index in [9.17, 15) is 9.59 Å². The lowest BCUT2D eigenvalue weighted by molar-refractivity contribution is -0.147. The lowest BCUT2D eigenvalue weighted by atomic mass is 10.2. The maximum Gasteiger partial charge on any atom is 0.331 e. The molecule has 0 bridgehead atoms. The summed E-state index contributed by atoms with van der Waals surface area (Å²) in [6, 6.07) is 12.8. The van der Waals surface area contributed by atoms with Crippen LogP contribution in [0.1, 0.15) is 11.1 Å². The van der Waals surface area contributed by atoms with Crippen LogP contribution in [0.25, 0.3) is 6.08 Å². The molecule has 0 unspecified atom stereocenters. The topological polar surface area (TPSA) is 74.3 Å². The van der Waals surface area contributed by atoms with Gasteiger partial charge in [0, 0.05) is 25.2 Å². The number of para-hydroxylation sites is 1. The van der Waals surface area contributed by atoms with Crippen molar-refractivity contribution in [3.63, 3.8) is 0 Å². The number of hydrogen-bond donors (Lipinski definition) is 0. The second kappa shape index (κ2) is 8.94. The molecular weight excluding hydrogens is 362 g/mol. The first-order chi connectivity index (χ1) is 13.6. The fourth-order valence-corrected chi connectivity index (χ4v) is 2.65. The fourth-order valence-electron chi connectivity index (χ4n) is 2.65. The van der Waals surface area contributed by atoms with Crippen molar-refractivity contribution in [3.8, 4) is 17.2 Å². The standard InChI is InChI=1S/C21H21NO6/c1-22(12-16-5-3-4-6-17(16)25-2)20(23)13-26-21(24)10-8-15-7-9-18-19(11-15)28-14-27-18/h3-11H,12-14H2,1-2H3/b10-8+. The number of nitrogens with zero attached hydrogens (tertiary/aromatic N) is 1. The number of rotatable bonds is 7. The van der Waals surface area contributed by atoms with Gasteiger partial charge in [0.2, 0.25) is 6.79 Å². The first-order valence-electron chi connectivity index (χ1n) is 8.67. The molecule has 0 fully saturated rings. The van der Waals surface area contributed by atoms with Gasteiger partial charge in [0.15, 0.2) is 18.1 Å². The summed E-state index contributed by atoms with van der Waals surface area (Å²) in [5.74, 6) is 1.09. The molecule has 1 heterocycles. The van der Waals surface area contributed by atoms with Gasteiger partial charge in [0.1, 0.15) is 5.75 Å². The van der Waals surface area contributed by atoms with Gasteiger partial charge in [-0.15, -0.1) is 0 Å². The molecule has 1 aliphatic heterocycles. The molecule has 2 aromatic carbocycles. The Morgan fingerprint density at radius 2 is 1.93 bits per heavy atom.